The molecule has 0 radical (unpaired) electrons. The van der Waals surface area contributed by atoms with E-state index >= 15 is 0 Å². The summed E-state index contributed by atoms with van der Waals surface area (Å²) in [6.07, 6.45) is 4.75. The van der Waals surface area contributed by atoms with Gasteiger partial charge in [0.2, 0.25) is 0 Å². The maximum Gasteiger partial charge on any atom is 0.320 e. The molecule has 1 aliphatic carbocycles. The number of piperidine rings is 1. The fourth-order valence-corrected chi connectivity index (χ4v) is 8.64. The van der Waals surface area contributed by atoms with E-state index in [2.05, 4.69) is 4.98 Å². The number of benzene rings is 2. The van der Waals surface area contributed by atoms with Crippen molar-refractivity contribution in [2.75, 3.05) is 31.1 Å². The van der Waals surface area contributed by atoms with Crippen molar-refractivity contribution in [3.63, 3.8) is 0 Å². The van der Waals surface area contributed by atoms with Crippen molar-refractivity contribution in [1.82, 2.24) is 19.4 Å². The minimum absolute atomic E-state index is 0.0234. The van der Waals surface area contributed by atoms with Gasteiger partial charge in [0, 0.05) is 42.2 Å². The maximum absolute atomic E-state index is 14.8. The Morgan fingerprint density at radius 1 is 1.02 bits per heavy atom. The Morgan fingerprint density at radius 3 is 2.49 bits per heavy atom. The Bertz CT molecular complexity index is 1570. The number of urea groups is 1. The summed E-state index contributed by atoms with van der Waals surface area (Å²) in [4.78, 5) is 34.7. The van der Waals surface area contributed by atoms with Crippen LogP contribution in [0, 0.1) is 17.0 Å². The predicted octanol–water partition coefficient (Wildman–Crippen LogP) is 5.11. The van der Waals surface area contributed by atoms with E-state index in [0.29, 0.717) is 18.5 Å². The lowest BCUT2D eigenvalue weighted by molar-refractivity contribution is -0.136. The highest BCUT2D eigenvalue weighted by atomic mass is 32.3. The summed E-state index contributed by atoms with van der Waals surface area (Å²) in [6.45, 7) is 0.437. The first-order valence-electron chi connectivity index (χ1n) is 14.6. The summed E-state index contributed by atoms with van der Waals surface area (Å²) in [5, 5.41) is 12.2. The van der Waals surface area contributed by atoms with Crippen LogP contribution in [0.2, 0.25) is 0 Å². The Kier molecular flexibility index (Phi) is 7.82. The van der Waals surface area contributed by atoms with Gasteiger partial charge in [0.05, 0.1) is 41.7 Å². The lowest BCUT2D eigenvalue weighted by Gasteiger charge is -2.54. The highest BCUT2D eigenvalue weighted by Crippen LogP contribution is 2.53. The van der Waals surface area contributed by atoms with Gasteiger partial charge in [-0.2, -0.15) is 10.6 Å². The Morgan fingerprint density at radius 2 is 1.77 bits per heavy atom. The predicted molar refractivity (Wildman–Crippen MR) is 160 cm³/mol. The second kappa shape index (κ2) is 11.3. The van der Waals surface area contributed by atoms with Crippen molar-refractivity contribution >= 4 is 16.6 Å². The average Bonchev–Trinajstić information content (AvgIpc) is 3.46. The van der Waals surface area contributed by atoms with Gasteiger partial charge in [-0.1, -0.05) is 43.2 Å². The van der Waals surface area contributed by atoms with E-state index < -0.39 is 45.3 Å². The number of hydrogen-bond donors (Lipinski definition) is 3. The van der Waals surface area contributed by atoms with Crippen LogP contribution in [-0.4, -0.2) is 76.3 Å². The fourth-order valence-electron chi connectivity index (χ4n) is 7.12. The largest absolute Gasteiger partial charge is 0.387 e. The van der Waals surface area contributed by atoms with Crippen LogP contribution in [0.3, 0.4) is 0 Å². The molecule has 43 heavy (non-hydrogen) atoms. The number of hydrogen-bond acceptors (Lipinski definition) is 6. The molecule has 6 rings (SSSR count). The van der Waals surface area contributed by atoms with Gasteiger partial charge >= 0.3 is 6.03 Å². The van der Waals surface area contributed by atoms with Crippen LogP contribution in [0.1, 0.15) is 43.7 Å². The minimum atomic E-state index is -3.09. The van der Waals surface area contributed by atoms with Gasteiger partial charge in [0.25, 0.3) is 5.56 Å². The monoisotopic (exact) mass is 614 g/mol. The number of aromatic nitrogens is 2. The Labute approximate surface area is 250 Å². The highest BCUT2D eigenvalue weighted by molar-refractivity contribution is 8.24. The second-order valence-electron chi connectivity index (χ2n) is 12.1. The standard InChI is InChI=1S/C31H36F2N4O5S/c32-23-8-9-25(33)24(16-23)27-18-43(41,42)15-14-37(27)29(39)35-13-12-31(40,30(19-35)10-4-5-11-30)20-36-21-34-26(17-28(36)38)22-6-2-1-3-7-22/h1-3,6-9,16-17,21,27,40-42H,4-5,10-15,18-20H2. The molecular formula is C31H36F2N4O5S. The van der Waals surface area contributed by atoms with Gasteiger partial charge in [-0.05, 0) is 37.5 Å². The molecule has 3 aliphatic rings. The van der Waals surface area contributed by atoms with E-state index in [9.17, 15) is 32.6 Å². The highest BCUT2D eigenvalue weighted by Gasteiger charge is 2.56. The molecule has 230 valence electrons. The molecule has 0 bridgehead atoms. The number of halogens is 2. The van der Waals surface area contributed by atoms with Crippen LogP contribution in [0.5, 0.6) is 0 Å². The smallest absolute Gasteiger partial charge is 0.320 e. The molecule has 2 saturated heterocycles. The number of likely N-dealkylation sites (tertiary alicyclic amines) is 1. The van der Waals surface area contributed by atoms with E-state index in [1.54, 1.807) is 4.90 Å². The van der Waals surface area contributed by atoms with E-state index in [0.717, 1.165) is 36.6 Å². The maximum atomic E-state index is 14.8. The summed E-state index contributed by atoms with van der Waals surface area (Å²) in [5.41, 5.74) is -0.946. The first kappa shape index (κ1) is 29.7. The Hall–Kier alpha value is -3.32. The topological polar surface area (TPSA) is 119 Å². The van der Waals surface area contributed by atoms with Gasteiger partial charge < -0.3 is 14.9 Å². The van der Waals surface area contributed by atoms with E-state index in [1.165, 1.54) is 21.9 Å². The first-order valence-corrected chi connectivity index (χ1v) is 16.5. The van der Waals surface area contributed by atoms with Crippen LogP contribution < -0.4 is 5.56 Å². The normalized spacial score (nSPS) is 25.6. The molecule has 12 heteroatoms. The molecule has 3 aromatic rings. The molecule has 2 unspecified atom stereocenters. The molecule has 3 heterocycles. The van der Waals surface area contributed by atoms with Crippen LogP contribution >= 0.6 is 10.6 Å². The number of nitrogens with zero attached hydrogens (tertiary/aromatic N) is 4. The molecule has 9 nitrogen and oxygen atoms in total. The molecule has 1 saturated carbocycles. The molecule has 2 aliphatic heterocycles. The van der Waals surface area contributed by atoms with Crippen LogP contribution in [0.15, 0.2) is 65.7 Å². The zero-order valence-corrected chi connectivity index (χ0v) is 24.6. The van der Waals surface area contributed by atoms with Crippen molar-refractivity contribution in [2.24, 2.45) is 5.41 Å². The zero-order chi connectivity index (χ0) is 30.4. The number of rotatable bonds is 4. The summed E-state index contributed by atoms with van der Waals surface area (Å²) in [5.74, 6) is -1.74. The number of carbonyl (C=O) groups is 1. The van der Waals surface area contributed by atoms with Gasteiger partial charge in [-0.25, -0.2) is 18.6 Å². The van der Waals surface area contributed by atoms with E-state index in [1.807, 2.05) is 30.3 Å². The van der Waals surface area contributed by atoms with Crippen molar-refractivity contribution in [3.8, 4) is 11.3 Å². The molecule has 1 spiro atoms. The SMILES string of the molecule is O=C(N1CCC(O)(Cn2cnc(-c3ccccc3)cc2=O)C2(CCCC2)C1)N1CCS(O)(O)CC1c1cc(F)ccc1F. The molecular weight excluding hydrogens is 578 g/mol. The molecule has 2 aromatic carbocycles. The number of carbonyl (C=O) groups excluding carboxylic acids is 1. The lowest BCUT2D eigenvalue weighted by Crippen LogP contribution is -2.64. The molecule has 3 N–H and O–H groups in total. The van der Waals surface area contributed by atoms with E-state index in [-0.39, 0.29) is 55.2 Å². The van der Waals surface area contributed by atoms with Gasteiger partial charge in [0.15, 0.2) is 0 Å². The van der Waals surface area contributed by atoms with Gasteiger partial charge in [0.1, 0.15) is 11.6 Å². The van der Waals surface area contributed by atoms with E-state index in [4.69, 9.17) is 0 Å². The van der Waals surface area contributed by atoms with Crippen LogP contribution in [-0.2, 0) is 6.54 Å². The number of amides is 2. The summed E-state index contributed by atoms with van der Waals surface area (Å²) < 4.78 is 51.3. The fraction of sp³-hybridized carbons (Fsp3) is 0.452. The average molecular weight is 615 g/mol. The van der Waals surface area contributed by atoms with Gasteiger partial charge in [-0.3, -0.25) is 18.5 Å². The van der Waals surface area contributed by atoms with Crippen molar-refractivity contribution in [3.05, 3.63) is 88.5 Å². The summed E-state index contributed by atoms with van der Waals surface area (Å²) in [6, 6.07) is 12.3. The van der Waals surface area contributed by atoms with Crippen LogP contribution in [0.25, 0.3) is 11.3 Å². The van der Waals surface area contributed by atoms with Crippen molar-refractivity contribution < 1.29 is 27.8 Å². The van der Waals surface area contributed by atoms with Gasteiger partial charge in [-0.15, -0.1) is 0 Å². The molecule has 3 fully saturated rings. The third-order valence-corrected chi connectivity index (χ3v) is 11.2. The van der Waals surface area contributed by atoms with Crippen LogP contribution in [0.4, 0.5) is 13.6 Å². The summed E-state index contributed by atoms with van der Waals surface area (Å²) >= 11 is 0. The molecule has 2 amide bonds. The third kappa shape index (κ3) is 5.68. The van der Waals surface area contributed by atoms with Crippen molar-refractivity contribution in [2.45, 2.75) is 50.3 Å². The molecule has 2 atom stereocenters. The third-order valence-electron chi connectivity index (χ3n) is 9.51. The number of aliphatic hydroxyl groups is 1. The lowest BCUT2D eigenvalue weighted by atomic mass is 9.66. The Balaban J connectivity index is 1.25. The second-order valence-corrected chi connectivity index (χ2v) is 14.5. The summed E-state index contributed by atoms with van der Waals surface area (Å²) in [7, 11) is -3.09. The van der Waals surface area contributed by atoms with Crippen molar-refractivity contribution in [1.29, 1.82) is 0 Å². The zero-order valence-electron chi connectivity index (χ0n) is 23.7. The minimum Gasteiger partial charge on any atom is -0.387 e. The first-order chi connectivity index (χ1) is 20.5. The quantitative estimate of drug-likeness (QED) is 0.376. The molecule has 1 aromatic heterocycles.